The first-order valence-electron chi connectivity index (χ1n) is 8.24. The Morgan fingerprint density at radius 3 is 2.93 bits per heavy atom. The van der Waals surface area contributed by atoms with E-state index in [2.05, 4.69) is 15.3 Å². The Morgan fingerprint density at radius 2 is 2.22 bits per heavy atom. The zero-order chi connectivity index (χ0) is 19.2. The number of aliphatic imine (C=N–C) groups is 1. The van der Waals surface area contributed by atoms with Crippen LogP contribution in [0.5, 0.6) is 0 Å². The lowest BCUT2D eigenvalue weighted by molar-refractivity contribution is 0.102. The molecule has 3 atom stereocenters. The largest absolute Gasteiger partial charge is 0.462 e. The van der Waals surface area contributed by atoms with Gasteiger partial charge < -0.3 is 15.8 Å². The van der Waals surface area contributed by atoms with Crippen molar-refractivity contribution in [3.63, 3.8) is 0 Å². The molecule has 6 nitrogen and oxygen atoms in total. The van der Waals surface area contributed by atoms with Gasteiger partial charge in [-0.3, -0.25) is 4.79 Å². The molecule has 1 saturated carbocycles. The van der Waals surface area contributed by atoms with Gasteiger partial charge in [0.2, 0.25) is 0 Å². The summed E-state index contributed by atoms with van der Waals surface area (Å²) in [6.45, 7) is -0.925. The van der Waals surface area contributed by atoms with E-state index >= 15 is 0 Å². The van der Waals surface area contributed by atoms with E-state index in [1.165, 1.54) is 30.5 Å². The number of hydrogen-bond acceptors (Lipinski definition) is 5. The molecule has 9 heteroatoms. The van der Waals surface area contributed by atoms with Crippen molar-refractivity contribution >= 4 is 29.2 Å². The Bertz CT molecular complexity index is 937. The number of fused-ring (bicyclic) bond motifs is 1. The van der Waals surface area contributed by atoms with Gasteiger partial charge in [0.05, 0.1) is 5.02 Å². The number of aromatic nitrogens is 1. The molecule has 1 aliphatic carbocycles. The number of alkyl halides is 1. The number of nitrogens with one attached hydrogen (secondary N) is 1. The van der Waals surface area contributed by atoms with Crippen molar-refractivity contribution in [2.75, 3.05) is 12.0 Å². The third-order valence-corrected chi connectivity index (χ3v) is 5.01. The van der Waals surface area contributed by atoms with Crippen LogP contribution in [0.4, 0.5) is 14.5 Å². The first-order valence-corrected chi connectivity index (χ1v) is 8.61. The number of amides is 1. The Balaban J connectivity index is 1.66. The second-order valence-electron chi connectivity index (χ2n) is 6.52. The Labute approximate surface area is 158 Å². The van der Waals surface area contributed by atoms with E-state index in [9.17, 15) is 13.6 Å². The molecule has 0 spiro atoms. The number of hydrogen-bond donors (Lipinski definition) is 2. The normalized spacial score (nSPS) is 25.8. The number of halogens is 3. The molecule has 0 saturated heterocycles. The highest BCUT2D eigenvalue weighted by atomic mass is 35.5. The Kier molecular flexibility index (Phi) is 4.22. The molecule has 1 amide bonds. The van der Waals surface area contributed by atoms with E-state index in [0.29, 0.717) is 17.1 Å². The lowest BCUT2D eigenvalue weighted by atomic mass is 9.85. The maximum Gasteiger partial charge on any atom is 0.283 e. The summed E-state index contributed by atoms with van der Waals surface area (Å²) in [5.41, 5.74) is 4.66. The maximum atomic E-state index is 14.6. The van der Waals surface area contributed by atoms with Crippen LogP contribution >= 0.6 is 11.6 Å². The number of anilines is 1. The lowest BCUT2D eigenvalue weighted by Gasteiger charge is -2.31. The fraction of sp³-hybridized carbons (Fsp3) is 0.278. The molecule has 2 heterocycles. The molecule has 4 rings (SSSR count). The van der Waals surface area contributed by atoms with Crippen molar-refractivity contribution in [2.45, 2.75) is 18.1 Å². The first kappa shape index (κ1) is 17.7. The third-order valence-electron chi connectivity index (χ3n) is 4.78. The number of carbonyl (C=O) groups excluding carboxylic acids is 1. The highest BCUT2D eigenvalue weighted by Crippen LogP contribution is 2.53. The van der Waals surface area contributed by atoms with Crippen LogP contribution in [0.25, 0.3) is 0 Å². The topological polar surface area (TPSA) is 89.6 Å². The van der Waals surface area contributed by atoms with Crippen molar-refractivity contribution in [3.05, 3.63) is 58.6 Å². The summed E-state index contributed by atoms with van der Waals surface area (Å²) in [4.78, 5) is 20.3. The monoisotopic (exact) mass is 392 g/mol. The quantitative estimate of drug-likeness (QED) is 0.837. The first-order chi connectivity index (χ1) is 12.9. The molecule has 0 radical (unpaired) electrons. The minimum atomic E-state index is -1.45. The zero-order valence-electron chi connectivity index (χ0n) is 14.0. The Hall–Kier alpha value is -2.74. The lowest BCUT2D eigenvalue weighted by Crippen LogP contribution is -2.39. The standard InChI is InChI=1S/C18H15ClF2N4O2/c19-9-1-4-14(23-7-9)16(26)24-10-2-3-13(21)11(5-10)18(8-20)12-6-15(12)27-17(22)25-18/h1-5,7,12,15H,6,8H2,(H2,22,25)(H,24,26)/t12-,15?,18?/m1/s1. The summed E-state index contributed by atoms with van der Waals surface area (Å²) in [5.74, 6) is -1.43. The van der Waals surface area contributed by atoms with Crippen LogP contribution in [-0.4, -0.2) is 29.7 Å². The fourth-order valence-corrected chi connectivity index (χ4v) is 3.48. The van der Waals surface area contributed by atoms with Crippen LogP contribution in [0.3, 0.4) is 0 Å². The molecule has 0 bridgehead atoms. The second kappa shape index (κ2) is 6.45. The van der Waals surface area contributed by atoms with E-state index in [1.807, 2.05) is 0 Å². The van der Waals surface area contributed by atoms with E-state index < -0.39 is 23.9 Å². The smallest absolute Gasteiger partial charge is 0.283 e. The molecule has 3 N–H and O–H groups in total. The van der Waals surface area contributed by atoms with Crippen LogP contribution in [0.15, 0.2) is 41.5 Å². The zero-order valence-corrected chi connectivity index (χ0v) is 14.7. The maximum absolute atomic E-state index is 14.6. The molecule has 1 aromatic heterocycles. The number of amidine groups is 1. The van der Waals surface area contributed by atoms with Crippen molar-refractivity contribution in [1.82, 2.24) is 4.98 Å². The van der Waals surface area contributed by atoms with E-state index in [4.69, 9.17) is 22.1 Å². The summed E-state index contributed by atoms with van der Waals surface area (Å²) < 4.78 is 33.9. The predicted molar refractivity (Wildman–Crippen MR) is 95.9 cm³/mol. The van der Waals surface area contributed by atoms with Crippen molar-refractivity contribution in [1.29, 1.82) is 0 Å². The van der Waals surface area contributed by atoms with Crippen LogP contribution in [0, 0.1) is 11.7 Å². The van der Waals surface area contributed by atoms with Crippen LogP contribution in [0.1, 0.15) is 22.5 Å². The molecule has 140 valence electrons. The number of nitrogens with zero attached hydrogens (tertiary/aromatic N) is 2. The molecule has 1 aliphatic heterocycles. The number of rotatable bonds is 4. The Morgan fingerprint density at radius 1 is 1.41 bits per heavy atom. The molecule has 1 aromatic carbocycles. The van der Waals surface area contributed by atoms with Crippen molar-refractivity contribution in [3.8, 4) is 0 Å². The number of nitrogens with two attached hydrogens (primary N) is 1. The van der Waals surface area contributed by atoms with Crippen LogP contribution in [0.2, 0.25) is 5.02 Å². The molecule has 1 fully saturated rings. The molecule has 2 unspecified atom stereocenters. The van der Waals surface area contributed by atoms with Crippen LogP contribution in [-0.2, 0) is 10.3 Å². The van der Waals surface area contributed by atoms with Crippen molar-refractivity contribution < 1.29 is 18.3 Å². The molecular formula is C18H15ClF2N4O2. The molecule has 2 aliphatic rings. The highest BCUT2D eigenvalue weighted by Gasteiger charge is 2.60. The summed E-state index contributed by atoms with van der Waals surface area (Å²) in [5, 5.41) is 3.02. The van der Waals surface area contributed by atoms with Gasteiger partial charge in [0.25, 0.3) is 11.9 Å². The average Bonchev–Trinajstić information content (AvgIpc) is 3.43. The average molecular weight is 393 g/mol. The van der Waals surface area contributed by atoms with Gasteiger partial charge in [-0.05, 0) is 36.8 Å². The van der Waals surface area contributed by atoms with Gasteiger partial charge in [-0.2, -0.15) is 0 Å². The van der Waals surface area contributed by atoms with E-state index in [-0.39, 0.29) is 29.3 Å². The summed E-state index contributed by atoms with van der Waals surface area (Å²) >= 11 is 5.76. The van der Waals surface area contributed by atoms with Gasteiger partial charge in [0.15, 0.2) is 0 Å². The van der Waals surface area contributed by atoms with Crippen LogP contribution < -0.4 is 11.1 Å². The number of carbonyl (C=O) groups is 1. The number of benzene rings is 1. The minimum absolute atomic E-state index is 0.0330. The number of ether oxygens (including phenoxy) is 1. The second-order valence-corrected chi connectivity index (χ2v) is 6.95. The van der Waals surface area contributed by atoms with Crippen molar-refractivity contribution in [2.24, 2.45) is 16.6 Å². The molecule has 2 aromatic rings. The third kappa shape index (κ3) is 3.10. The SMILES string of the molecule is NC1=NC(CF)(c2cc(NC(=O)c3ccc(Cl)cn3)ccc2F)[C@@H]2CC2O1. The summed E-state index contributed by atoms with van der Waals surface area (Å²) in [6.07, 6.45) is 1.62. The predicted octanol–water partition coefficient (Wildman–Crippen LogP) is 3.02. The summed E-state index contributed by atoms with van der Waals surface area (Å²) in [7, 11) is 0. The fourth-order valence-electron chi connectivity index (χ4n) is 3.37. The van der Waals surface area contributed by atoms with Gasteiger partial charge in [0.1, 0.15) is 29.8 Å². The van der Waals surface area contributed by atoms with Gasteiger partial charge >= 0.3 is 0 Å². The van der Waals surface area contributed by atoms with Gasteiger partial charge in [-0.15, -0.1) is 0 Å². The van der Waals surface area contributed by atoms with Gasteiger partial charge in [-0.25, -0.2) is 18.8 Å². The van der Waals surface area contributed by atoms with Gasteiger partial charge in [0, 0.05) is 23.4 Å². The highest BCUT2D eigenvalue weighted by molar-refractivity contribution is 6.30. The van der Waals surface area contributed by atoms with E-state index in [1.54, 1.807) is 0 Å². The minimum Gasteiger partial charge on any atom is -0.462 e. The molecular weight excluding hydrogens is 378 g/mol. The number of pyridine rings is 1. The van der Waals surface area contributed by atoms with E-state index in [0.717, 1.165) is 6.07 Å². The molecule has 27 heavy (non-hydrogen) atoms. The summed E-state index contributed by atoms with van der Waals surface area (Å²) in [6, 6.07) is 6.75. The van der Waals surface area contributed by atoms with Gasteiger partial charge in [-0.1, -0.05) is 11.6 Å².